The third-order valence-electron chi connectivity index (χ3n) is 5.48. The zero-order chi connectivity index (χ0) is 22.5. The van der Waals surface area contributed by atoms with E-state index in [9.17, 15) is 9.59 Å². The number of hydrogen-bond acceptors (Lipinski definition) is 5. The number of benzene rings is 2. The summed E-state index contributed by atoms with van der Waals surface area (Å²) in [5, 5.41) is 2.94. The van der Waals surface area contributed by atoms with Crippen molar-refractivity contribution in [3.05, 3.63) is 47.0 Å². The Morgan fingerprint density at radius 1 is 0.935 bits per heavy atom. The van der Waals surface area contributed by atoms with Gasteiger partial charge in [0.05, 0.1) is 27.2 Å². The molecule has 0 radical (unpaired) electrons. The molecule has 0 unspecified atom stereocenters. The van der Waals surface area contributed by atoms with Crippen LogP contribution in [0.1, 0.15) is 34.3 Å². The standard InChI is InChI=1S/C24H30N2O5/c1-15-9-16(2)11-18(10-15)24(28)26-8-6-7-17(14-26)23(27)25-19-12-20(29-3)22(31-5)21(13-19)30-4/h9-13,17H,6-8,14H2,1-5H3,(H,25,27)/t17-/m0/s1. The van der Waals surface area contributed by atoms with E-state index in [1.165, 1.54) is 21.3 Å². The van der Waals surface area contributed by atoms with E-state index in [4.69, 9.17) is 14.2 Å². The van der Waals surface area contributed by atoms with Crippen LogP contribution in [0, 0.1) is 19.8 Å². The monoisotopic (exact) mass is 426 g/mol. The number of carbonyl (C=O) groups excluding carboxylic acids is 2. The highest BCUT2D eigenvalue weighted by Gasteiger charge is 2.29. The molecule has 1 N–H and O–H groups in total. The van der Waals surface area contributed by atoms with E-state index in [0.29, 0.717) is 41.6 Å². The number of aryl methyl sites for hydroxylation is 2. The van der Waals surface area contributed by atoms with Crippen molar-refractivity contribution in [3.8, 4) is 17.2 Å². The number of likely N-dealkylation sites (tertiary alicyclic amines) is 1. The third-order valence-corrected chi connectivity index (χ3v) is 5.48. The molecule has 7 nitrogen and oxygen atoms in total. The molecule has 0 aromatic heterocycles. The lowest BCUT2D eigenvalue weighted by molar-refractivity contribution is -0.121. The summed E-state index contributed by atoms with van der Waals surface area (Å²) < 4.78 is 16.0. The summed E-state index contributed by atoms with van der Waals surface area (Å²) in [5.74, 6) is 0.942. The van der Waals surface area contributed by atoms with E-state index in [1.807, 2.05) is 32.0 Å². The zero-order valence-corrected chi connectivity index (χ0v) is 18.8. The van der Waals surface area contributed by atoms with Crippen LogP contribution in [0.2, 0.25) is 0 Å². The van der Waals surface area contributed by atoms with E-state index in [1.54, 1.807) is 17.0 Å². The number of nitrogens with zero attached hydrogens (tertiary/aromatic N) is 1. The molecule has 7 heteroatoms. The van der Waals surface area contributed by atoms with Crippen molar-refractivity contribution >= 4 is 17.5 Å². The Balaban J connectivity index is 1.73. The highest BCUT2D eigenvalue weighted by molar-refractivity contribution is 5.96. The Labute approximate surface area is 183 Å². The van der Waals surface area contributed by atoms with Crippen molar-refractivity contribution in [2.24, 2.45) is 5.92 Å². The average molecular weight is 427 g/mol. The number of nitrogens with one attached hydrogen (secondary N) is 1. The summed E-state index contributed by atoms with van der Waals surface area (Å²) in [6.45, 7) is 5.00. The van der Waals surface area contributed by atoms with Crippen LogP contribution >= 0.6 is 0 Å². The molecule has 1 atom stereocenters. The number of hydrogen-bond donors (Lipinski definition) is 1. The molecule has 0 aliphatic carbocycles. The van der Waals surface area contributed by atoms with Gasteiger partial charge in [-0.3, -0.25) is 9.59 Å². The van der Waals surface area contributed by atoms with Gasteiger partial charge in [-0.25, -0.2) is 0 Å². The van der Waals surface area contributed by atoms with Crippen LogP contribution < -0.4 is 19.5 Å². The highest BCUT2D eigenvalue weighted by atomic mass is 16.5. The van der Waals surface area contributed by atoms with Crippen molar-refractivity contribution in [3.63, 3.8) is 0 Å². The van der Waals surface area contributed by atoms with Crippen molar-refractivity contribution in [2.45, 2.75) is 26.7 Å². The van der Waals surface area contributed by atoms with Crippen molar-refractivity contribution in [1.29, 1.82) is 0 Å². The van der Waals surface area contributed by atoms with Crippen LogP contribution in [-0.4, -0.2) is 51.1 Å². The quantitative estimate of drug-likeness (QED) is 0.760. The maximum atomic E-state index is 13.0. The molecule has 2 aromatic carbocycles. The van der Waals surface area contributed by atoms with Crippen molar-refractivity contribution in [1.82, 2.24) is 4.90 Å². The lowest BCUT2D eigenvalue weighted by Gasteiger charge is -2.32. The summed E-state index contributed by atoms with van der Waals surface area (Å²) in [6, 6.07) is 9.23. The smallest absolute Gasteiger partial charge is 0.253 e. The molecule has 1 saturated heterocycles. The lowest BCUT2D eigenvalue weighted by atomic mass is 9.96. The largest absolute Gasteiger partial charge is 0.493 e. The second kappa shape index (κ2) is 9.73. The number of anilines is 1. The van der Waals surface area contributed by atoms with Crippen molar-refractivity contribution < 1.29 is 23.8 Å². The SMILES string of the molecule is COc1cc(NC(=O)[C@H]2CCCN(C(=O)c3cc(C)cc(C)c3)C2)cc(OC)c1OC. The Morgan fingerprint density at radius 3 is 2.10 bits per heavy atom. The minimum Gasteiger partial charge on any atom is -0.493 e. The molecule has 31 heavy (non-hydrogen) atoms. The summed E-state index contributed by atoms with van der Waals surface area (Å²) in [4.78, 5) is 27.8. The number of rotatable bonds is 6. The molecule has 1 aliphatic heterocycles. The molecule has 1 fully saturated rings. The molecule has 0 saturated carbocycles. The fourth-order valence-electron chi connectivity index (χ4n) is 4.05. The van der Waals surface area contributed by atoms with Crippen LogP contribution in [0.15, 0.2) is 30.3 Å². The predicted octanol–water partition coefficient (Wildman–Crippen LogP) is 3.82. The average Bonchev–Trinajstić information content (AvgIpc) is 2.77. The van der Waals surface area contributed by atoms with Crippen LogP contribution in [0.5, 0.6) is 17.2 Å². The third kappa shape index (κ3) is 5.10. The minimum absolute atomic E-state index is 0.0305. The van der Waals surface area contributed by atoms with Crippen LogP contribution in [0.3, 0.4) is 0 Å². The molecule has 2 amide bonds. The molecule has 3 rings (SSSR count). The number of carbonyl (C=O) groups is 2. The van der Waals surface area contributed by atoms with Gasteiger partial charge in [0.25, 0.3) is 5.91 Å². The van der Waals surface area contributed by atoms with E-state index >= 15 is 0 Å². The van der Waals surface area contributed by atoms with E-state index in [-0.39, 0.29) is 17.7 Å². The number of piperidine rings is 1. The number of methoxy groups -OCH3 is 3. The molecule has 0 spiro atoms. The normalized spacial score (nSPS) is 15.9. The first kappa shape index (κ1) is 22.5. The van der Waals surface area contributed by atoms with E-state index in [0.717, 1.165) is 24.0 Å². The van der Waals surface area contributed by atoms with Gasteiger partial charge in [-0.15, -0.1) is 0 Å². The Hall–Kier alpha value is -3.22. The summed E-state index contributed by atoms with van der Waals surface area (Å²) in [5.41, 5.74) is 3.33. The van der Waals surface area contributed by atoms with Gasteiger partial charge in [0.1, 0.15) is 0 Å². The second-order valence-electron chi connectivity index (χ2n) is 7.87. The zero-order valence-electron chi connectivity index (χ0n) is 18.8. The molecule has 1 heterocycles. The topological polar surface area (TPSA) is 77.1 Å². The first-order chi connectivity index (χ1) is 14.9. The Bertz CT molecular complexity index is 927. The Morgan fingerprint density at radius 2 is 1.55 bits per heavy atom. The van der Waals surface area contributed by atoms with Crippen LogP contribution in [0.25, 0.3) is 0 Å². The van der Waals surface area contributed by atoms with Gasteiger partial charge >= 0.3 is 0 Å². The van der Waals surface area contributed by atoms with Gasteiger partial charge in [-0.05, 0) is 38.8 Å². The fraction of sp³-hybridized carbons (Fsp3) is 0.417. The molecule has 0 bridgehead atoms. The summed E-state index contributed by atoms with van der Waals surface area (Å²) in [6.07, 6.45) is 1.51. The van der Waals surface area contributed by atoms with E-state index in [2.05, 4.69) is 5.32 Å². The molecule has 2 aromatic rings. The number of ether oxygens (including phenoxy) is 3. The second-order valence-corrected chi connectivity index (χ2v) is 7.87. The molecular formula is C24H30N2O5. The van der Waals surface area contributed by atoms with Crippen LogP contribution in [0.4, 0.5) is 5.69 Å². The van der Waals surface area contributed by atoms with Crippen molar-refractivity contribution in [2.75, 3.05) is 39.7 Å². The lowest BCUT2D eigenvalue weighted by Crippen LogP contribution is -2.43. The van der Waals surface area contributed by atoms with Gasteiger partial charge in [-0.1, -0.05) is 17.2 Å². The molecule has 1 aliphatic rings. The minimum atomic E-state index is -0.289. The van der Waals surface area contributed by atoms with Gasteiger partial charge in [0.15, 0.2) is 11.5 Å². The predicted molar refractivity (Wildman–Crippen MR) is 119 cm³/mol. The summed E-state index contributed by atoms with van der Waals surface area (Å²) in [7, 11) is 4.59. The van der Waals surface area contributed by atoms with Gasteiger partial charge in [-0.2, -0.15) is 0 Å². The maximum absolute atomic E-state index is 13.0. The van der Waals surface area contributed by atoms with E-state index < -0.39 is 0 Å². The summed E-state index contributed by atoms with van der Waals surface area (Å²) >= 11 is 0. The molecule has 166 valence electrons. The first-order valence-electron chi connectivity index (χ1n) is 10.3. The highest BCUT2D eigenvalue weighted by Crippen LogP contribution is 2.40. The Kier molecular flexibility index (Phi) is 7.05. The maximum Gasteiger partial charge on any atom is 0.253 e. The number of amides is 2. The molecular weight excluding hydrogens is 396 g/mol. The first-order valence-corrected chi connectivity index (χ1v) is 10.3. The fourth-order valence-corrected chi connectivity index (χ4v) is 4.05. The van der Waals surface area contributed by atoms with Gasteiger partial charge in [0, 0.05) is 36.5 Å². The van der Waals surface area contributed by atoms with Gasteiger partial charge in [0.2, 0.25) is 11.7 Å². The van der Waals surface area contributed by atoms with Crippen LogP contribution in [-0.2, 0) is 4.79 Å². The van der Waals surface area contributed by atoms with Gasteiger partial charge < -0.3 is 24.4 Å².